The highest BCUT2D eigenvalue weighted by Gasteiger charge is 2.41. The van der Waals surface area contributed by atoms with Crippen molar-refractivity contribution in [2.45, 2.75) is 50.4 Å². The monoisotopic (exact) mass is 714 g/mol. The molecular formula is C25H25BrF6N6O3S2. The van der Waals surface area contributed by atoms with Gasteiger partial charge in [0, 0.05) is 66.0 Å². The molecule has 1 aromatic carbocycles. The van der Waals surface area contributed by atoms with E-state index in [1.807, 2.05) is 5.38 Å². The van der Waals surface area contributed by atoms with Crippen molar-refractivity contribution in [1.29, 1.82) is 0 Å². The molecule has 0 radical (unpaired) electrons. The number of aromatic nitrogens is 3. The van der Waals surface area contributed by atoms with Gasteiger partial charge in [0.15, 0.2) is 5.69 Å². The van der Waals surface area contributed by atoms with Gasteiger partial charge in [-0.05, 0) is 30.5 Å². The normalized spacial score (nSPS) is 19.1. The van der Waals surface area contributed by atoms with Crippen LogP contribution in [-0.4, -0.2) is 47.4 Å². The highest BCUT2D eigenvalue weighted by molar-refractivity contribution is 9.10. The summed E-state index contributed by atoms with van der Waals surface area (Å²) in [7, 11) is -3.72. The molecule has 2 aliphatic rings. The van der Waals surface area contributed by atoms with E-state index < -0.39 is 33.9 Å². The average molecular weight is 716 g/mol. The third kappa shape index (κ3) is 7.53. The Hall–Kier alpha value is -2.67. The second-order valence-electron chi connectivity index (χ2n) is 10.1. The molecule has 0 bridgehead atoms. The van der Waals surface area contributed by atoms with Crippen LogP contribution in [0, 0.1) is 0 Å². The minimum absolute atomic E-state index is 0.00550. The zero-order chi connectivity index (χ0) is 31.2. The Balaban J connectivity index is 1.21. The maximum atomic E-state index is 13.3. The van der Waals surface area contributed by atoms with E-state index in [4.69, 9.17) is 9.17 Å². The molecule has 4 heterocycles. The molecule has 234 valence electrons. The van der Waals surface area contributed by atoms with E-state index in [1.54, 1.807) is 17.0 Å². The quantitative estimate of drug-likeness (QED) is 0.249. The van der Waals surface area contributed by atoms with E-state index in [9.17, 15) is 34.8 Å². The molecule has 18 heteroatoms. The second kappa shape index (κ2) is 12.0. The van der Waals surface area contributed by atoms with Gasteiger partial charge >= 0.3 is 22.5 Å². The number of piperidine rings is 1. The molecule has 0 amide bonds. The summed E-state index contributed by atoms with van der Waals surface area (Å²) in [5.74, 6) is 0.348. The van der Waals surface area contributed by atoms with E-state index >= 15 is 0 Å². The number of benzene rings is 1. The topological polar surface area (TPSA) is 101 Å². The number of hydrogen-bond acceptors (Lipinski definition) is 9. The van der Waals surface area contributed by atoms with Gasteiger partial charge in [-0.3, -0.25) is 10.6 Å². The molecule has 43 heavy (non-hydrogen) atoms. The van der Waals surface area contributed by atoms with Crippen LogP contribution in [0.2, 0.25) is 0 Å². The molecule has 1 unspecified atom stereocenters. The molecule has 9 nitrogen and oxygen atoms in total. The van der Waals surface area contributed by atoms with Gasteiger partial charge < -0.3 is 9.08 Å². The Morgan fingerprint density at radius 3 is 2.35 bits per heavy atom. The van der Waals surface area contributed by atoms with E-state index in [-0.39, 0.29) is 28.6 Å². The summed E-state index contributed by atoms with van der Waals surface area (Å²) in [6.07, 6.45) is -5.82. The molecule has 0 aliphatic carbocycles. The van der Waals surface area contributed by atoms with Crippen LogP contribution in [0.15, 0.2) is 34.3 Å². The van der Waals surface area contributed by atoms with Crippen molar-refractivity contribution in [3.05, 3.63) is 67.5 Å². The van der Waals surface area contributed by atoms with Crippen LogP contribution >= 0.6 is 27.3 Å². The van der Waals surface area contributed by atoms with Crippen molar-refractivity contribution in [3.63, 3.8) is 0 Å². The number of hydrogen-bond donors (Lipinski definition) is 2. The summed E-state index contributed by atoms with van der Waals surface area (Å²) >= 11 is 5.01. The molecule has 0 spiro atoms. The maximum Gasteiger partial charge on any atom is 0.435 e. The number of fused-ring (bicyclic) bond motifs is 1. The Labute approximate surface area is 255 Å². The number of halogens is 7. The molecule has 2 N–H and O–H groups in total. The van der Waals surface area contributed by atoms with Crippen molar-refractivity contribution in [1.82, 2.24) is 30.3 Å². The van der Waals surface area contributed by atoms with E-state index in [0.29, 0.717) is 44.6 Å². The van der Waals surface area contributed by atoms with Gasteiger partial charge in [0.1, 0.15) is 17.6 Å². The second-order valence-corrected chi connectivity index (χ2v) is 13.4. The minimum Gasteiger partial charge on any atom is -0.382 e. The van der Waals surface area contributed by atoms with Crippen LogP contribution in [-0.2, 0) is 35.6 Å². The van der Waals surface area contributed by atoms with Crippen LogP contribution in [0.4, 0.5) is 26.3 Å². The van der Waals surface area contributed by atoms with Crippen LogP contribution in [0.25, 0.3) is 6.20 Å². The van der Waals surface area contributed by atoms with Gasteiger partial charge in [0.25, 0.3) is 0 Å². The van der Waals surface area contributed by atoms with Gasteiger partial charge in [-0.25, -0.2) is 9.67 Å². The average Bonchev–Trinajstić information content (AvgIpc) is 3.52. The summed E-state index contributed by atoms with van der Waals surface area (Å²) < 4.78 is 108. The predicted molar refractivity (Wildman–Crippen MR) is 149 cm³/mol. The van der Waals surface area contributed by atoms with Crippen molar-refractivity contribution in [2.24, 2.45) is 0 Å². The Bertz CT molecular complexity index is 1610. The summed E-state index contributed by atoms with van der Waals surface area (Å²) in [6, 6.07) is 3.32. The van der Waals surface area contributed by atoms with Crippen LogP contribution in [0.5, 0.6) is 5.75 Å². The Morgan fingerprint density at radius 1 is 1.05 bits per heavy atom. The Kier molecular flexibility index (Phi) is 8.88. The lowest BCUT2D eigenvalue weighted by atomic mass is 9.98. The fourth-order valence-corrected chi connectivity index (χ4v) is 6.90. The fourth-order valence-electron chi connectivity index (χ4n) is 4.89. The molecule has 3 aromatic rings. The van der Waals surface area contributed by atoms with E-state index in [1.165, 1.54) is 17.5 Å². The van der Waals surface area contributed by atoms with Crippen molar-refractivity contribution in [3.8, 4) is 5.75 Å². The number of nitrogens with zero attached hydrogens (tertiary/aromatic N) is 4. The van der Waals surface area contributed by atoms with Gasteiger partial charge in [0.05, 0.1) is 17.0 Å². The molecular weight excluding hydrogens is 690 g/mol. The summed E-state index contributed by atoms with van der Waals surface area (Å²) in [4.78, 5) is 6.56. The van der Waals surface area contributed by atoms with Crippen LogP contribution < -0.4 is 14.8 Å². The highest BCUT2D eigenvalue weighted by atomic mass is 79.9. The lowest BCUT2D eigenvalue weighted by Crippen LogP contribution is -2.31. The van der Waals surface area contributed by atoms with Crippen LogP contribution in [0.1, 0.15) is 58.1 Å². The zero-order valence-electron chi connectivity index (χ0n) is 22.3. The highest BCUT2D eigenvalue weighted by Crippen LogP contribution is 2.37. The van der Waals surface area contributed by atoms with Gasteiger partial charge in [-0.1, -0.05) is 15.9 Å². The number of nitrogens with one attached hydrogen (secondary N) is 2. The molecule has 1 saturated heterocycles. The van der Waals surface area contributed by atoms with Gasteiger partial charge in [-0.15, -0.1) is 11.3 Å². The van der Waals surface area contributed by atoms with E-state index in [2.05, 4.69) is 31.7 Å². The van der Waals surface area contributed by atoms with Crippen molar-refractivity contribution in [2.75, 3.05) is 19.3 Å². The molecule has 1 atom stereocenters. The standard InChI is InChI=1S/C25H25BrF6N6O3S2/c1-43(39,40)41-19-3-2-17(26)15-11-33-22(34-12-16(15)19)18-13-42-23(35-18)14-4-6-37(7-5-14)8-9-38-21(25(30,31)32)10-20(36-38)24(27,28)29/h2-3,8-10,13-14,22,33-34H,4-7,11-12H2,1H3. The zero-order valence-corrected chi connectivity index (χ0v) is 25.6. The molecule has 5 rings (SSSR count). The van der Waals surface area contributed by atoms with Crippen LogP contribution in [0.3, 0.4) is 0 Å². The molecule has 2 aromatic heterocycles. The first-order chi connectivity index (χ1) is 20.1. The maximum absolute atomic E-state index is 13.3. The third-order valence-corrected chi connectivity index (χ3v) is 9.24. The first-order valence-electron chi connectivity index (χ1n) is 12.9. The summed E-state index contributed by atoms with van der Waals surface area (Å²) in [6.45, 7) is 1.68. The molecule has 2 aliphatic heterocycles. The van der Waals surface area contributed by atoms with Crippen molar-refractivity contribution < 1.29 is 38.9 Å². The smallest absolute Gasteiger partial charge is 0.382 e. The SMILES string of the molecule is CS(=O)(=O)Oc1ccc(Br)c2c1CNC(c1csc(C3CCN(C=Cn4nc(C(F)(F)F)cc4C(F)(F)F)CC3)n1)NC2. The summed E-state index contributed by atoms with van der Waals surface area (Å²) in [5.41, 5.74) is -0.788. The lowest BCUT2D eigenvalue weighted by Gasteiger charge is -2.30. The van der Waals surface area contributed by atoms with Gasteiger partial charge in [-0.2, -0.15) is 39.9 Å². The number of alkyl halides is 6. The first kappa shape index (κ1) is 31.7. The lowest BCUT2D eigenvalue weighted by molar-refractivity contribution is -0.143. The number of thiazole rings is 1. The summed E-state index contributed by atoms with van der Waals surface area (Å²) in [5, 5.41) is 12.7. The number of rotatable bonds is 6. The third-order valence-electron chi connectivity index (χ3n) is 6.99. The van der Waals surface area contributed by atoms with Crippen molar-refractivity contribution >= 4 is 43.6 Å². The molecule has 1 fully saturated rings. The minimum atomic E-state index is -5.00. The number of likely N-dealkylation sites (tertiary alicyclic amines) is 1. The fraction of sp³-hybridized carbons (Fsp3) is 0.440. The first-order valence-corrected chi connectivity index (χ1v) is 16.4. The molecule has 0 saturated carbocycles. The van der Waals surface area contributed by atoms with Gasteiger partial charge in [0.2, 0.25) is 0 Å². The Morgan fingerprint density at radius 2 is 1.72 bits per heavy atom. The predicted octanol–water partition coefficient (Wildman–Crippen LogP) is 5.68. The largest absolute Gasteiger partial charge is 0.435 e. The van der Waals surface area contributed by atoms with E-state index in [0.717, 1.165) is 33.2 Å².